The number of hydrogen-bond acceptors (Lipinski definition) is 4. The minimum absolute atomic E-state index is 0.319. The second kappa shape index (κ2) is 5.99. The molecule has 0 bridgehead atoms. The lowest BCUT2D eigenvalue weighted by Crippen LogP contribution is -2.14. The van der Waals surface area contributed by atoms with Gasteiger partial charge >= 0.3 is 0 Å². The normalized spacial score (nSPS) is 9.62. The van der Waals surface area contributed by atoms with Crippen LogP contribution < -0.4 is 14.8 Å². The molecule has 1 aromatic carbocycles. The van der Waals surface area contributed by atoms with E-state index in [1.807, 2.05) is 25.1 Å². The van der Waals surface area contributed by atoms with Crippen LogP contribution in [0.5, 0.6) is 11.5 Å². The topological polar surface area (TPSA) is 54.3 Å². The van der Waals surface area contributed by atoms with E-state index in [0.717, 1.165) is 22.6 Å². The first-order chi connectivity index (χ1) is 7.72. The van der Waals surface area contributed by atoms with Crippen molar-refractivity contribution in [1.82, 2.24) is 5.32 Å². The van der Waals surface area contributed by atoms with E-state index in [0.29, 0.717) is 13.1 Å². The van der Waals surface area contributed by atoms with Gasteiger partial charge in [-0.2, -0.15) is 5.26 Å². The number of rotatable bonds is 5. The van der Waals surface area contributed by atoms with Crippen LogP contribution in [0.3, 0.4) is 0 Å². The van der Waals surface area contributed by atoms with Crippen LogP contribution >= 0.6 is 0 Å². The van der Waals surface area contributed by atoms with Crippen molar-refractivity contribution in [2.45, 2.75) is 13.5 Å². The fourth-order valence-corrected chi connectivity index (χ4v) is 1.50. The molecule has 0 aliphatic carbocycles. The van der Waals surface area contributed by atoms with Gasteiger partial charge in [0.25, 0.3) is 0 Å². The summed E-state index contributed by atoms with van der Waals surface area (Å²) < 4.78 is 10.5. The second-order valence-corrected chi connectivity index (χ2v) is 3.40. The monoisotopic (exact) mass is 220 g/mol. The van der Waals surface area contributed by atoms with E-state index in [-0.39, 0.29) is 0 Å². The van der Waals surface area contributed by atoms with Gasteiger partial charge in [0.15, 0.2) is 0 Å². The lowest BCUT2D eigenvalue weighted by atomic mass is 10.1. The maximum Gasteiger partial charge on any atom is 0.123 e. The van der Waals surface area contributed by atoms with Gasteiger partial charge in [-0.3, -0.25) is 0 Å². The molecule has 0 atom stereocenters. The van der Waals surface area contributed by atoms with Gasteiger partial charge in [0.2, 0.25) is 0 Å². The lowest BCUT2D eigenvalue weighted by Gasteiger charge is -2.12. The van der Waals surface area contributed by atoms with Crippen LogP contribution in [0, 0.1) is 18.3 Å². The summed E-state index contributed by atoms with van der Waals surface area (Å²) in [5, 5.41) is 11.4. The molecule has 1 N–H and O–H groups in total. The Morgan fingerprint density at radius 1 is 1.25 bits per heavy atom. The number of ether oxygens (including phenoxy) is 2. The van der Waals surface area contributed by atoms with Gasteiger partial charge in [-0.05, 0) is 24.6 Å². The Balaban J connectivity index is 2.92. The predicted octanol–water partition coefficient (Wildman–Crippen LogP) is 1.63. The number of hydrogen-bond donors (Lipinski definition) is 1. The van der Waals surface area contributed by atoms with Crippen molar-refractivity contribution in [2.75, 3.05) is 20.8 Å². The van der Waals surface area contributed by atoms with E-state index in [2.05, 4.69) is 5.32 Å². The smallest absolute Gasteiger partial charge is 0.123 e. The quantitative estimate of drug-likeness (QED) is 0.605. The molecule has 0 radical (unpaired) electrons. The molecule has 0 fully saturated rings. The Kier molecular flexibility index (Phi) is 4.62. The fraction of sp³-hybridized carbons (Fsp3) is 0.417. The molecule has 0 amide bonds. The molecule has 0 aromatic heterocycles. The number of nitriles is 1. The first-order valence-electron chi connectivity index (χ1n) is 5.02. The average molecular weight is 220 g/mol. The molecule has 4 heteroatoms. The van der Waals surface area contributed by atoms with E-state index >= 15 is 0 Å². The molecule has 0 saturated carbocycles. The molecule has 86 valence electrons. The third-order valence-corrected chi connectivity index (χ3v) is 2.32. The van der Waals surface area contributed by atoms with Gasteiger partial charge < -0.3 is 14.8 Å². The van der Waals surface area contributed by atoms with Crippen molar-refractivity contribution in [3.63, 3.8) is 0 Å². The number of methoxy groups -OCH3 is 2. The number of aryl methyl sites for hydroxylation is 1. The molecule has 0 aliphatic rings. The number of nitrogens with one attached hydrogen (secondary N) is 1. The fourth-order valence-electron chi connectivity index (χ4n) is 1.50. The van der Waals surface area contributed by atoms with Gasteiger partial charge in [0, 0.05) is 12.1 Å². The highest BCUT2D eigenvalue weighted by Crippen LogP contribution is 2.27. The molecule has 1 aromatic rings. The summed E-state index contributed by atoms with van der Waals surface area (Å²) in [5.74, 6) is 1.64. The van der Waals surface area contributed by atoms with Crippen molar-refractivity contribution in [1.29, 1.82) is 5.26 Å². The Morgan fingerprint density at radius 2 is 1.94 bits per heavy atom. The van der Waals surface area contributed by atoms with E-state index in [1.54, 1.807) is 14.2 Å². The summed E-state index contributed by atoms with van der Waals surface area (Å²) in [6.07, 6.45) is 0. The molecule has 0 heterocycles. The third-order valence-electron chi connectivity index (χ3n) is 2.32. The Morgan fingerprint density at radius 3 is 2.50 bits per heavy atom. The Labute approximate surface area is 95.8 Å². The van der Waals surface area contributed by atoms with E-state index in [4.69, 9.17) is 14.7 Å². The summed E-state index contributed by atoms with van der Waals surface area (Å²) in [5.41, 5.74) is 2.02. The SMILES string of the molecule is COc1cc(CNCC#N)c(OC)cc1C. The molecular formula is C12H16N2O2. The van der Waals surface area contributed by atoms with Crippen LogP contribution in [-0.2, 0) is 6.54 Å². The van der Waals surface area contributed by atoms with E-state index in [9.17, 15) is 0 Å². The summed E-state index contributed by atoms with van der Waals surface area (Å²) in [4.78, 5) is 0. The average Bonchev–Trinajstić information content (AvgIpc) is 2.30. The number of nitrogens with zero attached hydrogens (tertiary/aromatic N) is 1. The molecule has 0 aliphatic heterocycles. The number of benzene rings is 1. The molecule has 0 spiro atoms. The van der Waals surface area contributed by atoms with Crippen molar-refractivity contribution in [3.8, 4) is 17.6 Å². The van der Waals surface area contributed by atoms with Gasteiger partial charge in [0.05, 0.1) is 26.8 Å². The van der Waals surface area contributed by atoms with Crippen LogP contribution in [0.25, 0.3) is 0 Å². The van der Waals surface area contributed by atoms with Crippen LogP contribution in [-0.4, -0.2) is 20.8 Å². The third kappa shape index (κ3) is 2.88. The molecular weight excluding hydrogens is 204 g/mol. The maximum absolute atomic E-state index is 8.45. The Bertz CT molecular complexity index is 397. The van der Waals surface area contributed by atoms with Crippen molar-refractivity contribution >= 4 is 0 Å². The van der Waals surface area contributed by atoms with Gasteiger partial charge in [-0.1, -0.05) is 0 Å². The van der Waals surface area contributed by atoms with E-state index in [1.165, 1.54) is 0 Å². The zero-order chi connectivity index (χ0) is 12.0. The lowest BCUT2D eigenvalue weighted by molar-refractivity contribution is 0.395. The minimum Gasteiger partial charge on any atom is -0.496 e. The van der Waals surface area contributed by atoms with Crippen molar-refractivity contribution in [2.24, 2.45) is 0 Å². The standard InChI is InChI=1S/C12H16N2O2/c1-9-6-12(16-3)10(7-11(9)15-2)8-14-5-4-13/h6-7,14H,5,8H2,1-3H3. The summed E-state index contributed by atoms with van der Waals surface area (Å²) in [7, 11) is 3.27. The highest BCUT2D eigenvalue weighted by Gasteiger charge is 2.07. The van der Waals surface area contributed by atoms with Crippen molar-refractivity contribution in [3.05, 3.63) is 23.3 Å². The summed E-state index contributed by atoms with van der Waals surface area (Å²) in [6.45, 7) is 2.88. The maximum atomic E-state index is 8.45. The van der Waals surface area contributed by atoms with Crippen LogP contribution in [0.2, 0.25) is 0 Å². The summed E-state index contributed by atoms with van der Waals surface area (Å²) >= 11 is 0. The van der Waals surface area contributed by atoms with Crippen LogP contribution in [0.4, 0.5) is 0 Å². The zero-order valence-electron chi connectivity index (χ0n) is 9.83. The molecule has 16 heavy (non-hydrogen) atoms. The predicted molar refractivity (Wildman–Crippen MR) is 61.6 cm³/mol. The first-order valence-corrected chi connectivity index (χ1v) is 5.02. The zero-order valence-corrected chi connectivity index (χ0v) is 9.83. The second-order valence-electron chi connectivity index (χ2n) is 3.40. The molecule has 4 nitrogen and oxygen atoms in total. The van der Waals surface area contributed by atoms with E-state index < -0.39 is 0 Å². The Hall–Kier alpha value is -1.73. The van der Waals surface area contributed by atoms with Gasteiger partial charge in [-0.15, -0.1) is 0 Å². The largest absolute Gasteiger partial charge is 0.496 e. The minimum atomic E-state index is 0.319. The van der Waals surface area contributed by atoms with Gasteiger partial charge in [0.1, 0.15) is 11.5 Å². The van der Waals surface area contributed by atoms with Crippen LogP contribution in [0.15, 0.2) is 12.1 Å². The molecule has 0 saturated heterocycles. The van der Waals surface area contributed by atoms with Crippen LogP contribution in [0.1, 0.15) is 11.1 Å². The highest BCUT2D eigenvalue weighted by atomic mass is 16.5. The molecule has 0 unspecified atom stereocenters. The summed E-state index contributed by atoms with van der Waals surface area (Å²) in [6, 6.07) is 5.89. The highest BCUT2D eigenvalue weighted by molar-refractivity contribution is 5.45. The van der Waals surface area contributed by atoms with Crippen molar-refractivity contribution < 1.29 is 9.47 Å². The van der Waals surface area contributed by atoms with Gasteiger partial charge in [-0.25, -0.2) is 0 Å². The first kappa shape index (κ1) is 12.3. The molecule has 1 rings (SSSR count).